The van der Waals surface area contributed by atoms with Gasteiger partial charge in [0, 0.05) is 44.4 Å². The van der Waals surface area contributed by atoms with Gasteiger partial charge in [0.25, 0.3) is 5.91 Å². The Morgan fingerprint density at radius 2 is 1.92 bits per heavy atom. The number of ether oxygens (including phenoxy) is 1. The first-order valence-electron chi connectivity index (χ1n) is 11.9. The number of sulfonamides is 1. The van der Waals surface area contributed by atoms with E-state index in [4.69, 9.17) is 9.57 Å². The second-order valence-corrected chi connectivity index (χ2v) is 11.5. The van der Waals surface area contributed by atoms with Crippen molar-refractivity contribution in [1.82, 2.24) is 14.3 Å². The normalized spacial score (nSPS) is 18.9. The second-order valence-electron chi connectivity index (χ2n) is 8.56. The van der Waals surface area contributed by atoms with Gasteiger partial charge in [0.2, 0.25) is 10.0 Å². The predicted octanol–water partition coefficient (Wildman–Crippen LogP) is 2.34. The Bertz CT molecular complexity index is 1390. The number of piperazine rings is 1. The third kappa shape index (κ3) is 5.99. The van der Waals surface area contributed by atoms with Crippen LogP contribution in [0.1, 0.15) is 12.0 Å². The number of anilines is 2. The highest BCUT2D eigenvalue weighted by molar-refractivity contribution is 7.89. The van der Waals surface area contributed by atoms with E-state index in [1.54, 1.807) is 6.20 Å². The molecule has 14 heteroatoms. The zero-order valence-electron chi connectivity index (χ0n) is 20.2. The molecule has 200 valence electrons. The SMILES string of the molecule is O=C(Nc1ncc(F)s1)/C(=N/O[C@@H]1CCOC1)c1ccc(S(=O)(=O)N2CCN(c3ccccn3)CC2)cc1. The number of pyridine rings is 1. The van der Waals surface area contributed by atoms with Gasteiger partial charge in [-0.2, -0.15) is 8.70 Å². The van der Waals surface area contributed by atoms with E-state index in [1.807, 2.05) is 23.1 Å². The first-order valence-corrected chi connectivity index (χ1v) is 14.2. The highest BCUT2D eigenvalue weighted by Gasteiger charge is 2.29. The maximum atomic E-state index is 13.3. The van der Waals surface area contributed by atoms with E-state index in [0.717, 1.165) is 12.0 Å². The topological polar surface area (TPSA) is 126 Å². The van der Waals surface area contributed by atoms with Crippen LogP contribution in [0.15, 0.2) is 64.9 Å². The number of thiazole rings is 1. The summed E-state index contributed by atoms with van der Waals surface area (Å²) >= 11 is 0.675. The Morgan fingerprint density at radius 3 is 2.55 bits per heavy atom. The summed E-state index contributed by atoms with van der Waals surface area (Å²) < 4.78 is 46.6. The molecule has 38 heavy (non-hydrogen) atoms. The minimum Gasteiger partial charge on any atom is -0.389 e. The van der Waals surface area contributed by atoms with Gasteiger partial charge in [-0.3, -0.25) is 10.1 Å². The average molecular weight is 561 g/mol. The van der Waals surface area contributed by atoms with E-state index in [2.05, 4.69) is 20.4 Å². The molecule has 2 saturated heterocycles. The Morgan fingerprint density at radius 1 is 1.13 bits per heavy atom. The molecule has 3 aromatic rings. The van der Waals surface area contributed by atoms with Crippen molar-refractivity contribution in [3.8, 4) is 0 Å². The van der Waals surface area contributed by atoms with E-state index < -0.39 is 21.1 Å². The van der Waals surface area contributed by atoms with Crippen LogP contribution in [0.4, 0.5) is 15.3 Å². The summed E-state index contributed by atoms with van der Waals surface area (Å²) in [4.78, 5) is 28.7. The molecule has 1 atom stereocenters. The summed E-state index contributed by atoms with van der Waals surface area (Å²) in [5.41, 5.74) is 0.234. The van der Waals surface area contributed by atoms with E-state index >= 15 is 0 Å². The zero-order chi connectivity index (χ0) is 26.5. The summed E-state index contributed by atoms with van der Waals surface area (Å²) in [7, 11) is -3.75. The summed E-state index contributed by atoms with van der Waals surface area (Å²) in [6.45, 7) is 2.55. The third-order valence-corrected chi connectivity index (χ3v) is 8.69. The lowest BCUT2D eigenvalue weighted by atomic mass is 10.1. The lowest BCUT2D eigenvalue weighted by Gasteiger charge is -2.34. The van der Waals surface area contributed by atoms with Crippen molar-refractivity contribution >= 4 is 43.9 Å². The van der Waals surface area contributed by atoms with E-state index in [9.17, 15) is 17.6 Å². The van der Waals surface area contributed by atoms with Crippen molar-refractivity contribution in [3.05, 3.63) is 65.6 Å². The van der Waals surface area contributed by atoms with Crippen LogP contribution in [0.5, 0.6) is 0 Å². The molecule has 0 spiro atoms. The minimum atomic E-state index is -3.75. The van der Waals surface area contributed by atoms with Gasteiger partial charge in [0.15, 0.2) is 22.1 Å². The van der Waals surface area contributed by atoms with Gasteiger partial charge in [-0.05, 0) is 24.3 Å². The van der Waals surface area contributed by atoms with Gasteiger partial charge in [0.1, 0.15) is 5.82 Å². The van der Waals surface area contributed by atoms with Crippen LogP contribution in [-0.2, 0) is 24.4 Å². The van der Waals surface area contributed by atoms with Crippen molar-refractivity contribution in [2.45, 2.75) is 17.4 Å². The van der Waals surface area contributed by atoms with Gasteiger partial charge in [-0.15, -0.1) is 0 Å². The number of carbonyl (C=O) groups excluding carboxylic acids is 1. The molecule has 0 unspecified atom stereocenters. The lowest BCUT2D eigenvalue weighted by Crippen LogP contribution is -2.48. The number of halogens is 1. The maximum absolute atomic E-state index is 13.3. The van der Waals surface area contributed by atoms with Gasteiger partial charge < -0.3 is 14.5 Å². The van der Waals surface area contributed by atoms with Crippen molar-refractivity contribution < 1.29 is 27.2 Å². The minimum absolute atomic E-state index is 0.0634. The molecule has 0 aliphatic carbocycles. The summed E-state index contributed by atoms with van der Waals surface area (Å²) in [6, 6.07) is 11.5. The molecule has 0 bridgehead atoms. The fourth-order valence-corrected chi connectivity index (χ4v) is 6.01. The molecule has 2 aromatic heterocycles. The molecule has 11 nitrogen and oxygen atoms in total. The first-order chi connectivity index (χ1) is 18.4. The molecule has 5 rings (SSSR count). The Hall–Kier alpha value is -3.46. The lowest BCUT2D eigenvalue weighted by molar-refractivity contribution is -0.110. The number of oxime groups is 1. The second kappa shape index (κ2) is 11.5. The monoisotopic (exact) mass is 560 g/mol. The van der Waals surface area contributed by atoms with Crippen molar-refractivity contribution in [3.63, 3.8) is 0 Å². The van der Waals surface area contributed by atoms with Crippen LogP contribution < -0.4 is 10.2 Å². The fraction of sp³-hybridized carbons (Fsp3) is 0.333. The van der Waals surface area contributed by atoms with Crippen LogP contribution in [0, 0.1) is 5.13 Å². The summed E-state index contributed by atoms with van der Waals surface area (Å²) in [5.74, 6) is 0.144. The number of benzene rings is 1. The molecular weight excluding hydrogens is 535 g/mol. The van der Waals surface area contributed by atoms with Crippen molar-refractivity contribution in [2.75, 3.05) is 49.6 Å². The van der Waals surface area contributed by atoms with Crippen molar-refractivity contribution in [2.24, 2.45) is 5.16 Å². The predicted molar refractivity (Wildman–Crippen MR) is 139 cm³/mol. The molecule has 2 aliphatic rings. The number of carbonyl (C=O) groups is 1. The number of rotatable bonds is 8. The Kier molecular flexibility index (Phi) is 7.93. The van der Waals surface area contributed by atoms with Crippen LogP contribution in [0.2, 0.25) is 0 Å². The summed E-state index contributed by atoms with van der Waals surface area (Å²) in [6.07, 6.45) is 3.03. The molecular formula is C24H25FN6O5S2. The quantitative estimate of drug-likeness (QED) is 0.329. The number of hydrogen-bond donors (Lipinski definition) is 1. The average Bonchev–Trinajstić information content (AvgIpc) is 3.61. The largest absolute Gasteiger partial charge is 0.389 e. The maximum Gasteiger partial charge on any atom is 0.280 e. The van der Waals surface area contributed by atoms with Crippen LogP contribution >= 0.6 is 11.3 Å². The first kappa shape index (κ1) is 26.2. The molecule has 0 saturated carbocycles. The van der Waals surface area contributed by atoms with Gasteiger partial charge in [-0.25, -0.2) is 18.4 Å². The molecule has 2 fully saturated rings. The zero-order valence-corrected chi connectivity index (χ0v) is 21.8. The number of aromatic nitrogens is 2. The highest BCUT2D eigenvalue weighted by atomic mass is 32.2. The molecule has 1 N–H and O–H groups in total. The van der Waals surface area contributed by atoms with Crippen LogP contribution in [-0.4, -0.2) is 79.8 Å². The number of nitrogens with one attached hydrogen (secondary N) is 1. The Labute approximate surface area is 222 Å². The van der Waals surface area contributed by atoms with E-state index in [0.29, 0.717) is 62.7 Å². The highest BCUT2D eigenvalue weighted by Crippen LogP contribution is 2.22. The number of hydrogen-bond acceptors (Lipinski definition) is 10. The van der Waals surface area contributed by atoms with Crippen LogP contribution in [0.3, 0.4) is 0 Å². The molecule has 2 aliphatic heterocycles. The third-order valence-electron chi connectivity index (χ3n) is 6.07. The molecule has 4 heterocycles. The molecule has 0 radical (unpaired) electrons. The smallest absolute Gasteiger partial charge is 0.280 e. The Balaban J connectivity index is 1.31. The number of nitrogens with zero attached hydrogens (tertiary/aromatic N) is 5. The van der Waals surface area contributed by atoms with E-state index in [1.165, 1.54) is 28.6 Å². The van der Waals surface area contributed by atoms with Gasteiger partial charge in [0.05, 0.1) is 24.3 Å². The van der Waals surface area contributed by atoms with Gasteiger partial charge >= 0.3 is 0 Å². The molecule has 1 aromatic carbocycles. The summed E-state index contributed by atoms with van der Waals surface area (Å²) in [5, 5.41) is 6.05. The molecule has 1 amide bonds. The fourth-order valence-electron chi connectivity index (χ4n) is 4.05. The van der Waals surface area contributed by atoms with Crippen molar-refractivity contribution in [1.29, 1.82) is 0 Å². The standard InChI is InChI=1S/C24H25FN6O5S2/c25-20-15-27-24(37-20)28-23(32)22(29-36-18-8-14-35-16-18)17-4-6-19(7-5-17)38(33,34)31-12-10-30(11-13-31)21-3-1-2-9-26-21/h1-7,9,15,18H,8,10-14,16H2,(H,27,28,32)/b29-22+/t18-/m1/s1. The van der Waals surface area contributed by atoms with E-state index in [-0.39, 0.29) is 21.8 Å². The number of amides is 1. The van der Waals surface area contributed by atoms with Gasteiger partial charge in [-0.1, -0.05) is 34.7 Å². The van der Waals surface area contributed by atoms with Crippen LogP contribution in [0.25, 0.3) is 0 Å².